The van der Waals surface area contributed by atoms with Gasteiger partial charge in [0.1, 0.15) is 5.84 Å². The molecule has 1 rings (SSSR count). The summed E-state index contributed by atoms with van der Waals surface area (Å²) in [5, 5.41) is 15.6. The molecule has 2 unspecified atom stereocenters. The highest BCUT2D eigenvalue weighted by Gasteiger charge is 2.22. The van der Waals surface area contributed by atoms with Crippen LogP contribution < -0.4 is 11.1 Å². The van der Waals surface area contributed by atoms with Gasteiger partial charge in [-0.05, 0) is 17.9 Å². The molecule has 4 nitrogen and oxygen atoms in total. The second-order valence-corrected chi connectivity index (χ2v) is 5.98. The van der Waals surface area contributed by atoms with Gasteiger partial charge in [0, 0.05) is 12.6 Å². The highest BCUT2D eigenvalue weighted by molar-refractivity contribution is 5.87. The van der Waals surface area contributed by atoms with Gasteiger partial charge in [-0.2, -0.15) is 0 Å². The van der Waals surface area contributed by atoms with E-state index < -0.39 is 0 Å². The van der Waals surface area contributed by atoms with Crippen LogP contribution in [0, 0.1) is 5.41 Å². The van der Waals surface area contributed by atoms with E-state index in [1.165, 1.54) is 0 Å². The Hall–Kier alpha value is -1.55. The van der Waals surface area contributed by atoms with Crippen LogP contribution in [0.1, 0.15) is 39.2 Å². The first kappa shape index (κ1) is 15.5. The lowest BCUT2D eigenvalue weighted by Crippen LogP contribution is -2.42. The van der Waals surface area contributed by atoms with Crippen LogP contribution in [0.5, 0.6) is 0 Å². The number of nitrogens with zero attached hydrogens (tertiary/aromatic N) is 1. The van der Waals surface area contributed by atoms with E-state index in [4.69, 9.17) is 10.9 Å². The number of oxime groups is 1. The number of hydrogen-bond acceptors (Lipinski definition) is 3. The van der Waals surface area contributed by atoms with Crippen LogP contribution in [0.4, 0.5) is 0 Å². The summed E-state index contributed by atoms with van der Waals surface area (Å²) < 4.78 is 0. The lowest BCUT2D eigenvalue weighted by molar-refractivity contribution is 0.284. The molecule has 4 N–H and O–H groups in total. The maximum atomic E-state index is 8.93. The van der Waals surface area contributed by atoms with Crippen molar-refractivity contribution in [1.29, 1.82) is 0 Å². The monoisotopic (exact) mass is 263 g/mol. The molecule has 0 radical (unpaired) electrons. The highest BCUT2D eigenvalue weighted by Crippen LogP contribution is 2.20. The number of rotatable bonds is 5. The Bertz CT molecular complexity index is 409. The average molecular weight is 263 g/mol. The van der Waals surface area contributed by atoms with Crippen molar-refractivity contribution in [3.63, 3.8) is 0 Å². The average Bonchev–Trinajstić information content (AvgIpc) is 2.38. The Balaban J connectivity index is 2.78. The lowest BCUT2D eigenvalue weighted by Gasteiger charge is -2.30. The fourth-order valence-electron chi connectivity index (χ4n) is 1.75. The number of amidine groups is 1. The van der Waals surface area contributed by atoms with Crippen molar-refractivity contribution < 1.29 is 5.21 Å². The third-order valence-electron chi connectivity index (χ3n) is 3.60. The quantitative estimate of drug-likeness (QED) is 0.331. The summed E-state index contributed by atoms with van der Waals surface area (Å²) in [4.78, 5) is 0. The van der Waals surface area contributed by atoms with Gasteiger partial charge in [0.25, 0.3) is 0 Å². The van der Waals surface area contributed by atoms with E-state index in [0.717, 1.165) is 5.56 Å². The SMILES string of the molecule is CC(NCC(/C(N)=N/O)c1ccccc1)C(C)(C)C. The first-order valence-electron chi connectivity index (χ1n) is 6.62. The van der Waals surface area contributed by atoms with Gasteiger partial charge in [0.2, 0.25) is 0 Å². The molecule has 0 heterocycles. The molecule has 0 aromatic heterocycles. The van der Waals surface area contributed by atoms with Gasteiger partial charge in [0.05, 0.1) is 5.92 Å². The summed E-state index contributed by atoms with van der Waals surface area (Å²) in [6.45, 7) is 9.36. The Kier molecular flexibility index (Phi) is 5.36. The molecule has 0 fully saturated rings. The molecule has 1 aromatic rings. The van der Waals surface area contributed by atoms with Crippen LogP contribution in [-0.4, -0.2) is 23.6 Å². The zero-order chi connectivity index (χ0) is 14.5. The molecular weight excluding hydrogens is 238 g/mol. The summed E-state index contributed by atoms with van der Waals surface area (Å²) in [5.41, 5.74) is 7.03. The molecule has 0 spiro atoms. The molecule has 0 bridgehead atoms. The molecule has 19 heavy (non-hydrogen) atoms. The number of nitrogens with one attached hydrogen (secondary N) is 1. The normalized spacial score (nSPS) is 16.1. The summed E-state index contributed by atoms with van der Waals surface area (Å²) in [6.07, 6.45) is 0. The van der Waals surface area contributed by atoms with Gasteiger partial charge in [0.15, 0.2) is 0 Å². The molecule has 0 aliphatic heterocycles. The molecule has 0 aliphatic carbocycles. The zero-order valence-electron chi connectivity index (χ0n) is 12.2. The van der Waals surface area contributed by atoms with E-state index >= 15 is 0 Å². The molecule has 0 aliphatic rings. The van der Waals surface area contributed by atoms with Gasteiger partial charge in [-0.1, -0.05) is 56.3 Å². The van der Waals surface area contributed by atoms with E-state index in [1.54, 1.807) is 0 Å². The predicted octanol–water partition coefficient (Wildman–Crippen LogP) is 2.54. The summed E-state index contributed by atoms with van der Waals surface area (Å²) in [7, 11) is 0. The second kappa shape index (κ2) is 6.57. The highest BCUT2D eigenvalue weighted by atomic mass is 16.4. The molecule has 4 heteroatoms. The van der Waals surface area contributed by atoms with E-state index in [1.807, 2.05) is 30.3 Å². The largest absolute Gasteiger partial charge is 0.409 e. The van der Waals surface area contributed by atoms with Gasteiger partial charge in [-0.25, -0.2) is 0 Å². The summed E-state index contributed by atoms with van der Waals surface area (Å²) in [6, 6.07) is 10.2. The van der Waals surface area contributed by atoms with E-state index in [0.29, 0.717) is 12.6 Å². The first-order valence-corrected chi connectivity index (χ1v) is 6.62. The molecule has 106 valence electrons. The van der Waals surface area contributed by atoms with Crippen molar-refractivity contribution in [2.24, 2.45) is 16.3 Å². The van der Waals surface area contributed by atoms with Crippen molar-refractivity contribution in [3.8, 4) is 0 Å². The van der Waals surface area contributed by atoms with Crippen LogP contribution in [0.15, 0.2) is 35.5 Å². The Morgan fingerprint density at radius 2 is 1.89 bits per heavy atom. The maximum absolute atomic E-state index is 8.93. The van der Waals surface area contributed by atoms with Crippen molar-refractivity contribution >= 4 is 5.84 Å². The summed E-state index contributed by atoms with van der Waals surface area (Å²) in [5.74, 6) is 0.121. The predicted molar refractivity (Wildman–Crippen MR) is 79.5 cm³/mol. The number of nitrogens with two attached hydrogens (primary N) is 1. The molecule has 1 aromatic carbocycles. The minimum atomic E-state index is -0.115. The van der Waals surface area contributed by atoms with Crippen LogP contribution in [0.2, 0.25) is 0 Å². The van der Waals surface area contributed by atoms with Gasteiger partial charge in [-0.3, -0.25) is 0 Å². The van der Waals surface area contributed by atoms with Crippen molar-refractivity contribution in [3.05, 3.63) is 35.9 Å². The Morgan fingerprint density at radius 1 is 1.32 bits per heavy atom. The fraction of sp³-hybridized carbons (Fsp3) is 0.533. The number of benzene rings is 1. The minimum absolute atomic E-state index is 0.115. The van der Waals surface area contributed by atoms with Crippen LogP contribution in [-0.2, 0) is 0 Å². The van der Waals surface area contributed by atoms with Gasteiger partial charge in [-0.15, -0.1) is 0 Å². The molecule has 0 saturated heterocycles. The van der Waals surface area contributed by atoms with E-state index in [2.05, 4.69) is 38.2 Å². The fourth-order valence-corrected chi connectivity index (χ4v) is 1.75. The van der Waals surface area contributed by atoms with Crippen molar-refractivity contribution in [2.45, 2.75) is 39.7 Å². The standard InChI is InChI=1S/C15H25N3O/c1-11(15(2,3)4)17-10-13(14(16)18-19)12-8-6-5-7-9-12/h5-9,11,13,17,19H,10H2,1-4H3,(H2,16,18). The maximum Gasteiger partial charge on any atom is 0.147 e. The van der Waals surface area contributed by atoms with Crippen molar-refractivity contribution in [1.82, 2.24) is 5.32 Å². The molecule has 0 saturated carbocycles. The first-order chi connectivity index (χ1) is 8.86. The third-order valence-corrected chi connectivity index (χ3v) is 3.60. The Labute approximate surface area is 115 Å². The zero-order valence-corrected chi connectivity index (χ0v) is 12.2. The van der Waals surface area contributed by atoms with E-state index in [9.17, 15) is 0 Å². The van der Waals surface area contributed by atoms with Crippen LogP contribution in [0.25, 0.3) is 0 Å². The molecular formula is C15H25N3O. The molecule has 0 amide bonds. The smallest absolute Gasteiger partial charge is 0.147 e. The van der Waals surface area contributed by atoms with Crippen molar-refractivity contribution in [2.75, 3.05) is 6.54 Å². The molecule has 2 atom stereocenters. The lowest BCUT2D eigenvalue weighted by atomic mass is 9.87. The minimum Gasteiger partial charge on any atom is -0.409 e. The van der Waals surface area contributed by atoms with Gasteiger partial charge >= 0.3 is 0 Å². The van der Waals surface area contributed by atoms with Crippen LogP contribution >= 0.6 is 0 Å². The van der Waals surface area contributed by atoms with Crippen LogP contribution in [0.3, 0.4) is 0 Å². The third kappa shape index (κ3) is 4.56. The summed E-state index contributed by atoms with van der Waals surface area (Å²) >= 11 is 0. The van der Waals surface area contributed by atoms with Gasteiger partial charge < -0.3 is 16.3 Å². The second-order valence-electron chi connectivity index (χ2n) is 5.98. The number of hydrogen-bond donors (Lipinski definition) is 3. The van der Waals surface area contributed by atoms with E-state index in [-0.39, 0.29) is 17.2 Å². The Morgan fingerprint density at radius 3 is 2.37 bits per heavy atom. The topological polar surface area (TPSA) is 70.6 Å².